The molecule has 2 N–H and O–H groups in total. The zero-order chi connectivity index (χ0) is 13.0. The first-order chi connectivity index (χ1) is 8.68. The third-order valence-corrected chi connectivity index (χ3v) is 3.27. The number of likely N-dealkylation sites (tertiary alicyclic amines) is 1. The second kappa shape index (κ2) is 6.00. The molecule has 5 heteroatoms. The summed E-state index contributed by atoms with van der Waals surface area (Å²) in [5.74, 6) is 0.387. The lowest BCUT2D eigenvalue weighted by molar-refractivity contribution is 0.0736. The Kier molecular flexibility index (Phi) is 4.36. The topological polar surface area (TPSA) is 72.4 Å². The van der Waals surface area contributed by atoms with Crippen LogP contribution in [-0.4, -0.2) is 28.9 Å². The molecule has 1 atom stereocenters. The summed E-state index contributed by atoms with van der Waals surface area (Å²) in [4.78, 5) is 18.3. The molecule has 2 rings (SSSR count). The summed E-state index contributed by atoms with van der Waals surface area (Å²) in [6.45, 7) is 3.43. The van der Waals surface area contributed by atoms with Gasteiger partial charge in [0.05, 0.1) is 6.04 Å². The van der Waals surface area contributed by atoms with Crippen molar-refractivity contribution in [1.82, 2.24) is 9.88 Å². The molecule has 18 heavy (non-hydrogen) atoms. The Morgan fingerprint density at radius 2 is 1.94 bits per heavy atom. The van der Waals surface area contributed by atoms with Gasteiger partial charge in [0.25, 0.3) is 5.91 Å². The fraction of sp³-hybridized carbons (Fsp3) is 0.692. The Labute approximate surface area is 107 Å². The van der Waals surface area contributed by atoms with Crippen molar-refractivity contribution in [3.05, 3.63) is 17.8 Å². The molecule has 1 aromatic heterocycles. The number of hydrogen-bond acceptors (Lipinski definition) is 4. The van der Waals surface area contributed by atoms with Gasteiger partial charge in [-0.1, -0.05) is 19.3 Å². The second-order valence-corrected chi connectivity index (χ2v) is 4.92. The van der Waals surface area contributed by atoms with Crippen molar-refractivity contribution in [2.75, 3.05) is 13.1 Å². The molecular weight excluding hydrogens is 230 g/mol. The van der Waals surface area contributed by atoms with Crippen LogP contribution in [0.5, 0.6) is 0 Å². The molecule has 0 aliphatic carbocycles. The minimum Gasteiger partial charge on any atom is -0.446 e. The monoisotopic (exact) mass is 251 g/mol. The normalized spacial score (nSPS) is 19.1. The van der Waals surface area contributed by atoms with E-state index in [1.54, 1.807) is 6.92 Å². The number of amides is 1. The molecule has 0 saturated carbocycles. The van der Waals surface area contributed by atoms with Gasteiger partial charge in [0, 0.05) is 13.1 Å². The van der Waals surface area contributed by atoms with E-state index in [1.165, 1.54) is 25.5 Å². The van der Waals surface area contributed by atoms with Gasteiger partial charge in [-0.2, -0.15) is 0 Å². The third-order valence-electron chi connectivity index (χ3n) is 3.27. The van der Waals surface area contributed by atoms with E-state index in [0.717, 1.165) is 25.9 Å². The van der Waals surface area contributed by atoms with Crippen molar-refractivity contribution < 1.29 is 9.21 Å². The van der Waals surface area contributed by atoms with E-state index in [4.69, 9.17) is 10.2 Å². The predicted octanol–water partition coefficient (Wildman–Crippen LogP) is 2.10. The SMILES string of the molecule is CC(N)c1nc(C(=O)N2CCCCCCC2)co1. The lowest BCUT2D eigenvalue weighted by atomic mass is 10.1. The highest BCUT2D eigenvalue weighted by atomic mass is 16.3. The zero-order valence-corrected chi connectivity index (χ0v) is 10.9. The van der Waals surface area contributed by atoms with Crippen molar-refractivity contribution in [1.29, 1.82) is 0 Å². The molecule has 1 aromatic rings. The summed E-state index contributed by atoms with van der Waals surface area (Å²) < 4.78 is 5.21. The number of hydrogen-bond donors (Lipinski definition) is 1. The molecule has 1 fully saturated rings. The summed E-state index contributed by atoms with van der Waals surface area (Å²) in [6.07, 6.45) is 7.25. The highest BCUT2D eigenvalue weighted by molar-refractivity contribution is 5.92. The number of rotatable bonds is 2. The van der Waals surface area contributed by atoms with E-state index >= 15 is 0 Å². The fourth-order valence-corrected chi connectivity index (χ4v) is 2.21. The summed E-state index contributed by atoms with van der Waals surface area (Å²) >= 11 is 0. The largest absolute Gasteiger partial charge is 0.446 e. The molecule has 0 spiro atoms. The third kappa shape index (κ3) is 3.10. The first-order valence-electron chi connectivity index (χ1n) is 6.69. The van der Waals surface area contributed by atoms with Crippen LogP contribution in [0.3, 0.4) is 0 Å². The number of oxazole rings is 1. The molecule has 1 amide bonds. The highest BCUT2D eigenvalue weighted by Gasteiger charge is 2.20. The van der Waals surface area contributed by atoms with E-state index in [-0.39, 0.29) is 11.9 Å². The first kappa shape index (κ1) is 13.1. The predicted molar refractivity (Wildman–Crippen MR) is 68.1 cm³/mol. The molecule has 2 heterocycles. The van der Waals surface area contributed by atoms with Crippen LogP contribution < -0.4 is 5.73 Å². The molecule has 1 unspecified atom stereocenters. The van der Waals surface area contributed by atoms with Gasteiger partial charge in [-0.15, -0.1) is 0 Å². The number of nitrogens with two attached hydrogens (primary N) is 1. The average Bonchev–Trinajstić information content (AvgIpc) is 2.77. The number of aromatic nitrogens is 1. The van der Waals surface area contributed by atoms with Crippen molar-refractivity contribution >= 4 is 5.91 Å². The Balaban J connectivity index is 2.03. The molecular formula is C13H21N3O2. The second-order valence-electron chi connectivity index (χ2n) is 4.92. The van der Waals surface area contributed by atoms with Gasteiger partial charge in [0.2, 0.25) is 5.89 Å². The Bertz CT molecular complexity index is 393. The van der Waals surface area contributed by atoms with Gasteiger partial charge in [-0.25, -0.2) is 4.98 Å². The van der Waals surface area contributed by atoms with Crippen LogP contribution >= 0.6 is 0 Å². The molecule has 1 aliphatic rings. The highest BCUT2D eigenvalue weighted by Crippen LogP contribution is 2.15. The van der Waals surface area contributed by atoms with Gasteiger partial charge >= 0.3 is 0 Å². The van der Waals surface area contributed by atoms with Crippen molar-refractivity contribution in [3.8, 4) is 0 Å². The zero-order valence-electron chi connectivity index (χ0n) is 10.9. The van der Waals surface area contributed by atoms with Crippen LogP contribution in [0.4, 0.5) is 0 Å². The van der Waals surface area contributed by atoms with Crippen LogP contribution in [0.15, 0.2) is 10.7 Å². The molecule has 0 radical (unpaired) electrons. The van der Waals surface area contributed by atoms with Crippen LogP contribution in [0.1, 0.15) is 61.4 Å². The lowest BCUT2D eigenvalue weighted by Crippen LogP contribution is -2.34. The lowest BCUT2D eigenvalue weighted by Gasteiger charge is -2.23. The van der Waals surface area contributed by atoms with E-state index in [9.17, 15) is 4.79 Å². The molecule has 100 valence electrons. The maximum Gasteiger partial charge on any atom is 0.275 e. The number of nitrogens with zero attached hydrogens (tertiary/aromatic N) is 2. The van der Waals surface area contributed by atoms with Gasteiger partial charge in [-0.3, -0.25) is 4.79 Å². The standard InChI is InChI=1S/C13H21N3O2/c1-10(14)12-15-11(9-18-12)13(17)16-7-5-3-2-4-6-8-16/h9-10H,2-8,14H2,1H3. The summed E-state index contributed by atoms with van der Waals surface area (Å²) in [5, 5.41) is 0. The van der Waals surface area contributed by atoms with Gasteiger partial charge in [0.1, 0.15) is 6.26 Å². The van der Waals surface area contributed by atoms with Crippen LogP contribution in [0.2, 0.25) is 0 Å². The summed E-state index contributed by atoms with van der Waals surface area (Å²) in [6, 6.07) is -0.279. The fourth-order valence-electron chi connectivity index (χ4n) is 2.21. The maximum atomic E-state index is 12.3. The Hall–Kier alpha value is -1.36. The Morgan fingerprint density at radius 3 is 2.50 bits per heavy atom. The summed E-state index contributed by atoms with van der Waals surface area (Å²) in [7, 11) is 0. The molecule has 0 aromatic carbocycles. The molecule has 0 bridgehead atoms. The number of carbonyl (C=O) groups is 1. The van der Waals surface area contributed by atoms with Crippen molar-refractivity contribution in [2.24, 2.45) is 5.73 Å². The van der Waals surface area contributed by atoms with Crippen molar-refractivity contribution in [2.45, 2.75) is 45.1 Å². The van der Waals surface area contributed by atoms with Gasteiger partial charge in [-0.05, 0) is 19.8 Å². The Morgan fingerprint density at radius 1 is 1.33 bits per heavy atom. The molecule has 1 aliphatic heterocycles. The van der Waals surface area contributed by atoms with E-state index in [2.05, 4.69) is 4.98 Å². The minimum atomic E-state index is -0.279. The van der Waals surface area contributed by atoms with Gasteiger partial charge < -0.3 is 15.1 Å². The van der Waals surface area contributed by atoms with Crippen molar-refractivity contribution in [3.63, 3.8) is 0 Å². The molecule has 1 saturated heterocycles. The first-order valence-corrected chi connectivity index (χ1v) is 6.69. The van der Waals surface area contributed by atoms with Crippen LogP contribution in [0.25, 0.3) is 0 Å². The summed E-state index contributed by atoms with van der Waals surface area (Å²) in [5.41, 5.74) is 6.05. The van der Waals surface area contributed by atoms with E-state index in [1.807, 2.05) is 4.90 Å². The van der Waals surface area contributed by atoms with E-state index in [0.29, 0.717) is 11.6 Å². The minimum absolute atomic E-state index is 0.0347. The number of carbonyl (C=O) groups excluding carboxylic acids is 1. The quantitative estimate of drug-likeness (QED) is 0.873. The van der Waals surface area contributed by atoms with Gasteiger partial charge in [0.15, 0.2) is 5.69 Å². The molecule has 5 nitrogen and oxygen atoms in total. The van der Waals surface area contributed by atoms with E-state index < -0.39 is 0 Å². The van der Waals surface area contributed by atoms with Crippen LogP contribution in [-0.2, 0) is 0 Å². The maximum absolute atomic E-state index is 12.3. The average molecular weight is 251 g/mol. The van der Waals surface area contributed by atoms with Crippen LogP contribution in [0, 0.1) is 0 Å². The smallest absolute Gasteiger partial charge is 0.275 e.